The van der Waals surface area contributed by atoms with Crippen molar-refractivity contribution >= 4 is 17.7 Å². The van der Waals surface area contributed by atoms with E-state index in [1.807, 2.05) is 78.7 Å². The van der Waals surface area contributed by atoms with E-state index in [1.54, 1.807) is 18.0 Å². The number of aromatic nitrogens is 6. The molecule has 4 aromatic rings. The zero-order chi connectivity index (χ0) is 22.5. The van der Waals surface area contributed by atoms with Crippen molar-refractivity contribution < 1.29 is 4.79 Å². The van der Waals surface area contributed by atoms with Crippen LogP contribution in [0.5, 0.6) is 0 Å². The maximum Gasteiger partial charge on any atom is 0.251 e. The summed E-state index contributed by atoms with van der Waals surface area (Å²) in [7, 11) is 1.90. The Labute approximate surface area is 191 Å². The van der Waals surface area contributed by atoms with Crippen LogP contribution in [0.3, 0.4) is 0 Å². The average Bonchev–Trinajstić information content (AvgIpc) is 3.31. The predicted molar refractivity (Wildman–Crippen MR) is 123 cm³/mol. The van der Waals surface area contributed by atoms with E-state index in [1.165, 1.54) is 0 Å². The standard InChI is InChI=1S/C23H25N7OS/c1-16-11-17(2)30(28-16)14-18-7-6-8-19(12-18)22(31)25-13-21-26-27-23(29(21)3)32-15-20-9-4-5-10-24-20/h4-12H,13-15H2,1-3H3,(H,25,31). The third-order valence-corrected chi connectivity index (χ3v) is 6.09. The van der Waals surface area contributed by atoms with E-state index in [4.69, 9.17) is 0 Å². The Hall–Kier alpha value is -3.46. The number of benzene rings is 1. The summed E-state index contributed by atoms with van der Waals surface area (Å²) in [5.74, 6) is 1.26. The van der Waals surface area contributed by atoms with Crippen molar-refractivity contribution in [2.24, 2.45) is 7.05 Å². The molecule has 1 amide bonds. The molecule has 0 saturated heterocycles. The van der Waals surface area contributed by atoms with Crippen LogP contribution < -0.4 is 5.32 Å². The van der Waals surface area contributed by atoms with Crippen LogP contribution in [0.15, 0.2) is 59.9 Å². The van der Waals surface area contributed by atoms with E-state index in [2.05, 4.69) is 25.6 Å². The van der Waals surface area contributed by atoms with Gasteiger partial charge >= 0.3 is 0 Å². The molecule has 0 atom stereocenters. The molecule has 0 aliphatic heterocycles. The highest BCUT2D eigenvalue weighted by Crippen LogP contribution is 2.20. The lowest BCUT2D eigenvalue weighted by atomic mass is 10.1. The van der Waals surface area contributed by atoms with Crippen LogP contribution in [0.25, 0.3) is 0 Å². The van der Waals surface area contributed by atoms with Gasteiger partial charge in [0.15, 0.2) is 11.0 Å². The second-order valence-corrected chi connectivity index (χ2v) is 8.48. The van der Waals surface area contributed by atoms with Crippen molar-refractivity contribution in [2.45, 2.75) is 37.8 Å². The monoisotopic (exact) mass is 447 g/mol. The van der Waals surface area contributed by atoms with Gasteiger partial charge in [-0.3, -0.25) is 14.5 Å². The number of nitrogens with zero attached hydrogens (tertiary/aromatic N) is 6. The Balaban J connectivity index is 1.36. The lowest BCUT2D eigenvalue weighted by molar-refractivity contribution is 0.0949. The van der Waals surface area contributed by atoms with Gasteiger partial charge in [0.25, 0.3) is 5.91 Å². The van der Waals surface area contributed by atoms with Crippen LogP contribution in [0, 0.1) is 13.8 Å². The molecule has 3 aromatic heterocycles. The summed E-state index contributed by atoms with van der Waals surface area (Å²) in [6.45, 7) is 4.93. The topological polar surface area (TPSA) is 90.5 Å². The molecule has 0 radical (unpaired) electrons. The first kappa shape index (κ1) is 21.8. The Bertz CT molecular complexity index is 1220. The van der Waals surface area contributed by atoms with Crippen molar-refractivity contribution in [1.29, 1.82) is 0 Å². The first-order valence-electron chi connectivity index (χ1n) is 10.3. The number of hydrogen-bond donors (Lipinski definition) is 1. The molecule has 0 aliphatic rings. The first-order valence-corrected chi connectivity index (χ1v) is 11.3. The van der Waals surface area contributed by atoms with Crippen LogP contribution in [-0.4, -0.2) is 35.4 Å². The fourth-order valence-corrected chi connectivity index (χ4v) is 4.17. The van der Waals surface area contributed by atoms with Crippen molar-refractivity contribution in [1.82, 2.24) is 34.8 Å². The van der Waals surface area contributed by atoms with E-state index in [0.29, 0.717) is 30.2 Å². The number of aryl methyl sites for hydroxylation is 2. The van der Waals surface area contributed by atoms with Gasteiger partial charge in [-0.25, -0.2) is 0 Å². The molecular formula is C23H25N7OS. The van der Waals surface area contributed by atoms with Gasteiger partial charge < -0.3 is 9.88 Å². The van der Waals surface area contributed by atoms with E-state index in [9.17, 15) is 4.79 Å². The molecule has 9 heteroatoms. The van der Waals surface area contributed by atoms with Crippen LogP contribution in [0.2, 0.25) is 0 Å². The number of nitrogens with one attached hydrogen (secondary N) is 1. The third kappa shape index (κ3) is 5.23. The maximum absolute atomic E-state index is 12.7. The fourth-order valence-electron chi connectivity index (χ4n) is 3.33. The van der Waals surface area contributed by atoms with Crippen molar-refractivity contribution in [2.75, 3.05) is 0 Å². The number of pyridine rings is 1. The number of carbonyl (C=O) groups is 1. The van der Waals surface area contributed by atoms with Gasteiger partial charge in [-0.2, -0.15) is 5.10 Å². The second kappa shape index (κ2) is 9.78. The summed E-state index contributed by atoms with van der Waals surface area (Å²) < 4.78 is 3.84. The summed E-state index contributed by atoms with van der Waals surface area (Å²) in [4.78, 5) is 17.0. The van der Waals surface area contributed by atoms with Gasteiger partial charge in [0.1, 0.15) is 0 Å². The summed E-state index contributed by atoms with van der Waals surface area (Å²) >= 11 is 1.56. The zero-order valence-electron chi connectivity index (χ0n) is 18.3. The zero-order valence-corrected chi connectivity index (χ0v) is 19.1. The molecule has 0 aliphatic carbocycles. The minimum absolute atomic E-state index is 0.147. The Kier molecular flexibility index (Phi) is 6.65. The van der Waals surface area contributed by atoms with E-state index >= 15 is 0 Å². The maximum atomic E-state index is 12.7. The number of thioether (sulfide) groups is 1. The van der Waals surface area contributed by atoms with Crippen LogP contribution in [0.1, 0.15) is 38.8 Å². The molecule has 4 rings (SSSR count). The number of carbonyl (C=O) groups excluding carboxylic acids is 1. The summed E-state index contributed by atoms with van der Waals surface area (Å²) in [6, 6.07) is 15.5. The quantitative estimate of drug-likeness (QED) is 0.417. The minimum atomic E-state index is -0.147. The lowest BCUT2D eigenvalue weighted by Gasteiger charge is -2.09. The highest BCUT2D eigenvalue weighted by atomic mass is 32.2. The normalized spacial score (nSPS) is 11.0. The summed E-state index contributed by atoms with van der Waals surface area (Å²) in [5, 5.41) is 16.7. The molecule has 0 bridgehead atoms. The summed E-state index contributed by atoms with van der Waals surface area (Å²) in [5.41, 5.74) is 4.69. The summed E-state index contributed by atoms with van der Waals surface area (Å²) in [6.07, 6.45) is 1.78. The van der Waals surface area contributed by atoms with Crippen molar-refractivity contribution in [3.05, 3.63) is 88.8 Å². The molecule has 1 aromatic carbocycles. The Morgan fingerprint density at radius 3 is 2.72 bits per heavy atom. The highest BCUT2D eigenvalue weighted by Gasteiger charge is 2.13. The first-order chi connectivity index (χ1) is 15.5. The molecule has 8 nitrogen and oxygen atoms in total. The fraction of sp³-hybridized carbons (Fsp3) is 0.261. The molecular weight excluding hydrogens is 422 g/mol. The molecule has 32 heavy (non-hydrogen) atoms. The second-order valence-electron chi connectivity index (χ2n) is 7.54. The van der Waals surface area contributed by atoms with E-state index in [-0.39, 0.29) is 5.91 Å². The predicted octanol–water partition coefficient (Wildman–Crippen LogP) is 3.29. The van der Waals surface area contributed by atoms with Crippen LogP contribution in [-0.2, 0) is 25.9 Å². The highest BCUT2D eigenvalue weighted by molar-refractivity contribution is 7.98. The van der Waals surface area contributed by atoms with Gasteiger partial charge in [-0.05, 0) is 49.7 Å². The van der Waals surface area contributed by atoms with Crippen LogP contribution in [0.4, 0.5) is 0 Å². The van der Waals surface area contributed by atoms with Crippen molar-refractivity contribution in [3.8, 4) is 0 Å². The molecule has 1 N–H and O–H groups in total. The Morgan fingerprint density at radius 2 is 1.97 bits per heavy atom. The van der Waals surface area contributed by atoms with Gasteiger partial charge in [-0.1, -0.05) is 30.0 Å². The third-order valence-electron chi connectivity index (χ3n) is 5.03. The minimum Gasteiger partial charge on any atom is -0.345 e. The van der Waals surface area contributed by atoms with Crippen LogP contribution >= 0.6 is 11.8 Å². The SMILES string of the molecule is Cc1cc(C)n(Cc2cccc(C(=O)NCc3nnc(SCc4ccccn4)n3C)c2)n1. The lowest BCUT2D eigenvalue weighted by Crippen LogP contribution is -2.24. The number of rotatable bonds is 8. The van der Waals surface area contributed by atoms with Gasteiger partial charge in [0.05, 0.1) is 24.5 Å². The molecule has 0 saturated carbocycles. The molecule has 0 unspecified atom stereocenters. The largest absolute Gasteiger partial charge is 0.345 e. The molecule has 3 heterocycles. The van der Waals surface area contributed by atoms with Gasteiger partial charge in [-0.15, -0.1) is 10.2 Å². The molecule has 0 fully saturated rings. The molecule has 0 spiro atoms. The van der Waals surface area contributed by atoms with Crippen molar-refractivity contribution in [3.63, 3.8) is 0 Å². The Morgan fingerprint density at radius 1 is 1.09 bits per heavy atom. The molecule has 164 valence electrons. The van der Waals surface area contributed by atoms with Gasteiger partial charge in [0, 0.05) is 30.3 Å². The van der Waals surface area contributed by atoms with E-state index in [0.717, 1.165) is 27.8 Å². The average molecular weight is 448 g/mol. The van der Waals surface area contributed by atoms with Gasteiger partial charge in [0.2, 0.25) is 0 Å². The number of hydrogen-bond acceptors (Lipinski definition) is 6. The smallest absolute Gasteiger partial charge is 0.251 e. The number of amides is 1. The van der Waals surface area contributed by atoms with E-state index < -0.39 is 0 Å².